The van der Waals surface area contributed by atoms with Crippen LogP contribution in [0, 0.1) is 0 Å². The van der Waals surface area contributed by atoms with Crippen LogP contribution >= 0.6 is 7.82 Å². The second-order valence-electron chi connectivity index (χ2n) is 12.4. The van der Waals surface area contributed by atoms with Gasteiger partial charge in [0, 0.05) is 19.4 Å². The Bertz CT molecular complexity index is 1010. The molecule has 2 atom stereocenters. The average molecular weight is 724 g/mol. The lowest BCUT2D eigenvalue weighted by atomic mass is 10.1. The van der Waals surface area contributed by atoms with Crippen LogP contribution < -0.4 is 5.73 Å². The predicted octanol–water partition coefficient (Wildman–Crippen LogP) is 10.5. The molecule has 2 unspecified atom stereocenters. The van der Waals surface area contributed by atoms with Gasteiger partial charge in [-0.15, -0.1) is 0 Å². The van der Waals surface area contributed by atoms with E-state index in [1.807, 2.05) is 0 Å². The fourth-order valence-corrected chi connectivity index (χ4v) is 5.60. The Balaban J connectivity index is 4.20. The minimum absolute atomic E-state index is 0.0477. The van der Waals surface area contributed by atoms with Crippen LogP contribution in [-0.2, 0) is 32.7 Å². The van der Waals surface area contributed by atoms with E-state index in [1.54, 1.807) is 0 Å². The van der Waals surface area contributed by atoms with E-state index in [0.29, 0.717) is 6.42 Å². The van der Waals surface area contributed by atoms with Crippen LogP contribution in [0.25, 0.3) is 0 Å². The van der Waals surface area contributed by atoms with Crippen LogP contribution in [0.4, 0.5) is 0 Å². The van der Waals surface area contributed by atoms with E-state index >= 15 is 0 Å². The fourth-order valence-electron chi connectivity index (χ4n) is 4.84. The average Bonchev–Trinajstić information content (AvgIpc) is 3.10. The zero-order valence-electron chi connectivity index (χ0n) is 31.4. The number of rotatable bonds is 35. The molecule has 0 saturated carbocycles. The number of carbonyl (C=O) groups excluding carboxylic acids is 2. The number of phosphoric ester groups is 1. The molecule has 0 aliphatic carbocycles. The van der Waals surface area contributed by atoms with Crippen LogP contribution in [-0.4, -0.2) is 49.3 Å². The van der Waals surface area contributed by atoms with Crippen molar-refractivity contribution in [2.45, 2.75) is 155 Å². The van der Waals surface area contributed by atoms with Gasteiger partial charge in [-0.3, -0.25) is 18.6 Å². The first-order valence-corrected chi connectivity index (χ1v) is 20.8. The van der Waals surface area contributed by atoms with E-state index in [1.165, 1.54) is 32.1 Å². The van der Waals surface area contributed by atoms with Crippen molar-refractivity contribution in [2.24, 2.45) is 5.73 Å². The molecule has 0 bridgehead atoms. The van der Waals surface area contributed by atoms with Crippen molar-refractivity contribution in [1.29, 1.82) is 0 Å². The summed E-state index contributed by atoms with van der Waals surface area (Å²) < 4.78 is 32.6. The highest BCUT2D eigenvalue weighted by Gasteiger charge is 2.25. The van der Waals surface area contributed by atoms with Gasteiger partial charge in [0.25, 0.3) is 0 Å². The van der Waals surface area contributed by atoms with Gasteiger partial charge in [-0.2, -0.15) is 0 Å². The SMILES string of the molecule is CC/C=C\C/C=C\C/C=C\C/C=C\C/C=C\CCCCCCCC(=O)OC(COC(=O)CCCCCCCCCC)COP(=O)(O)OCCN. The number of hydrogen-bond acceptors (Lipinski definition) is 8. The number of hydrogen-bond donors (Lipinski definition) is 2. The van der Waals surface area contributed by atoms with Gasteiger partial charge in [-0.05, 0) is 57.8 Å². The standard InChI is InChI=1S/C40H70NO8P/c1-3-5-7-9-11-13-14-15-16-17-18-19-20-21-22-23-24-25-27-29-31-33-40(43)49-38(37-48-50(44,45)47-35-34-41)36-46-39(42)32-30-28-26-12-10-8-6-4-2/h5,7,11,13,15-16,18-19,21-22,38H,3-4,6,8-10,12,14,17,20,23-37,41H2,1-2H3,(H,44,45)/b7-5-,13-11-,16-15-,19-18-,22-21-. The molecule has 288 valence electrons. The molecule has 0 heterocycles. The molecule has 50 heavy (non-hydrogen) atoms. The number of allylic oxidation sites excluding steroid dienone is 10. The first-order chi connectivity index (χ1) is 24.3. The molecule has 0 aliphatic heterocycles. The second-order valence-corrected chi connectivity index (χ2v) is 13.9. The van der Waals surface area contributed by atoms with E-state index in [2.05, 4.69) is 74.6 Å². The van der Waals surface area contributed by atoms with Gasteiger partial charge in [0.15, 0.2) is 6.10 Å². The Morgan fingerprint density at radius 3 is 1.64 bits per heavy atom. The summed E-state index contributed by atoms with van der Waals surface area (Å²) in [5, 5.41) is 0. The number of ether oxygens (including phenoxy) is 2. The smallest absolute Gasteiger partial charge is 0.462 e. The lowest BCUT2D eigenvalue weighted by Crippen LogP contribution is -2.29. The quantitative estimate of drug-likeness (QED) is 0.0283. The molecular weight excluding hydrogens is 653 g/mol. The topological polar surface area (TPSA) is 134 Å². The maximum atomic E-state index is 12.5. The highest BCUT2D eigenvalue weighted by atomic mass is 31.2. The Morgan fingerprint density at radius 2 is 1.10 bits per heavy atom. The van der Waals surface area contributed by atoms with E-state index in [-0.39, 0.29) is 32.6 Å². The summed E-state index contributed by atoms with van der Waals surface area (Å²) in [7, 11) is -4.37. The number of unbranched alkanes of at least 4 members (excludes halogenated alkanes) is 12. The minimum atomic E-state index is -4.37. The molecule has 10 heteroatoms. The van der Waals surface area contributed by atoms with Crippen LogP contribution in [0.2, 0.25) is 0 Å². The minimum Gasteiger partial charge on any atom is -0.462 e. The Morgan fingerprint density at radius 1 is 0.620 bits per heavy atom. The van der Waals surface area contributed by atoms with Crippen molar-refractivity contribution in [3.05, 3.63) is 60.8 Å². The van der Waals surface area contributed by atoms with Crippen molar-refractivity contribution < 1.29 is 37.6 Å². The largest absolute Gasteiger partial charge is 0.472 e. The van der Waals surface area contributed by atoms with Gasteiger partial charge in [0.05, 0.1) is 13.2 Å². The van der Waals surface area contributed by atoms with Crippen LogP contribution in [0.15, 0.2) is 60.8 Å². The van der Waals surface area contributed by atoms with Crippen molar-refractivity contribution in [1.82, 2.24) is 0 Å². The van der Waals surface area contributed by atoms with Gasteiger partial charge >= 0.3 is 19.8 Å². The van der Waals surface area contributed by atoms with Crippen LogP contribution in [0.3, 0.4) is 0 Å². The summed E-state index contributed by atoms with van der Waals surface area (Å²) in [4.78, 5) is 34.6. The summed E-state index contributed by atoms with van der Waals surface area (Å²) in [6, 6.07) is 0. The molecule has 9 nitrogen and oxygen atoms in total. The Labute approximate surface area is 304 Å². The van der Waals surface area contributed by atoms with Gasteiger partial charge in [-0.1, -0.05) is 139 Å². The zero-order chi connectivity index (χ0) is 36.8. The molecule has 0 saturated heterocycles. The number of carbonyl (C=O) groups is 2. The predicted molar refractivity (Wildman–Crippen MR) is 206 cm³/mol. The summed E-state index contributed by atoms with van der Waals surface area (Å²) in [5.74, 6) is -0.861. The number of nitrogens with two attached hydrogens (primary N) is 1. The van der Waals surface area contributed by atoms with Gasteiger partial charge in [-0.25, -0.2) is 4.57 Å². The van der Waals surface area contributed by atoms with Crippen molar-refractivity contribution in [3.63, 3.8) is 0 Å². The Hall–Kier alpha value is -2.29. The maximum Gasteiger partial charge on any atom is 0.472 e. The summed E-state index contributed by atoms with van der Waals surface area (Å²) in [6.07, 6.45) is 41.2. The van der Waals surface area contributed by atoms with E-state index < -0.39 is 32.5 Å². The molecule has 0 rings (SSSR count). The highest BCUT2D eigenvalue weighted by Crippen LogP contribution is 2.43. The molecule has 0 aromatic heterocycles. The fraction of sp³-hybridized carbons (Fsp3) is 0.700. The zero-order valence-corrected chi connectivity index (χ0v) is 32.3. The highest BCUT2D eigenvalue weighted by molar-refractivity contribution is 7.47. The summed E-state index contributed by atoms with van der Waals surface area (Å²) in [6.45, 7) is 3.53. The van der Waals surface area contributed by atoms with Crippen molar-refractivity contribution in [3.8, 4) is 0 Å². The first-order valence-electron chi connectivity index (χ1n) is 19.3. The third kappa shape index (κ3) is 35.5. The maximum absolute atomic E-state index is 12.5. The summed E-state index contributed by atoms with van der Waals surface area (Å²) in [5.41, 5.74) is 5.32. The summed E-state index contributed by atoms with van der Waals surface area (Å²) >= 11 is 0. The third-order valence-electron chi connectivity index (χ3n) is 7.67. The van der Waals surface area contributed by atoms with Crippen molar-refractivity contribution >= 4 is 19.8 Å². The molecule has 0 aromatic carbocycles. The monoisotopic (exact) mass is 723 g/mol. The molecule has 0 fully saturated rings. The van der Waals surface area contributed by atoms with Crippen LogP contribution in [0.1, 0.15) is 149 Å². The first kappa shape index (κ1) is 47.7. The van der Waals surface area contributed by atoms with Crippen LogP contribution in [0.5, 0.6) is 0 Å². The number of esters is 2. The number of phosphoric acid groups is 1. The van der Waals surface area contributed by atoms with Gasteiger partial charge < -0.3 is 20.1 Å². The lowest BCUT2D eigenvalue weighted by Gasteiger charge is -2.19. The molecule has 0 radical (unpaired) electrons. The van der Waals surface area contributed by atoms with E-state index in [4.69, 9.17) is 24.3 Å². The molecule has 3 N–H and O–H groups in total. The lowest BCUT2D eigenvalue weighted by molar-refractivity contribution is -0.161. The molecular formula is C40H70NO8P. The normalized spacial score (nSPS) is 14.1. The van der Waals surface area contributed by atoms with Gasteiger partial charge in [0.1, 0.15) is 6.61 Å². The Kier molecular flexibility index (Phi) is 34.8. The third-order valence-corrected chi connectivity index (χ3v) is 8.65. The molecule has 0 aromatic rings. The van der Waals surface area contributed by atoms with Crippen molar-refractivity contribution in [2.75, 3.05) is 26.4 Å². The molecule has 0 amide bonds. The molecule has 0 spiro atoms. The van der Waals surface area contributed by atoms with Gasteiger partial charge in [0.2, 0.25) is 0 Å². The molecule has 0 aliphatic rings. The van der Waals surface area contributed by atoms with E-state index in [0.717, 1.165) is 83.5 Å². The van der Waals surface area contributed by atoms with E-state index in [9.17, 15) is 19.0 Å². The second kappa shape index (κ2) is 36.5.